The molecule has 1 heterocycles. The van der Waals surface area contributed by atoms with Crippen molar-refractivity contribution >= 4 is 22.3 Å². The molecule has 1 aliphatic carbocycles. The molecule has 0 atom stereocenters. The maximum Gasteiger partial charge on any atom is 0.187 e. The Morgan fingerprint density at radius 2 is 2.46 bits per heavy atom. The van der Waals surface area contributed by atoms with E-state index >= 15 is 0 Å². The van der Waals surface area contributed by atoms with Crippen LogP contribution in [0, 0.1) is 5.92 Å². The molecule has 0 aromatic carbocycles. The third-order valence-electron chi connectivity index (χ3n) is 2.59. The molecule has 4 heteroatoms. The molecule has 2 N–H and O–H groups in total. The average molecular weight is 197 g/mol. The highest BCUT2D eigenvalue weighted by Crippen LogP contribution is 2.29. The highest BCUT2D eigenvalue weighted by molar-refractivity contribution is 7.14. The summed E-state index contributed by atoms with van der Waals surface area (Å²) in [6, 6.07) is 0. The summed E-state index contributed by atoms with van der Waals surface area (Å²) in [5, 5.41) is 2.94. The zero-order chi connectivity index (χ0) is 9.26. The van der Waals surface area contributed by atoms with Crippen LogP contribution in [0.1, 0.15) is 19.3 Å². The van der Waals surface area contributed by atoms with Crippen LogP contribution in [0.2, 0.25) is 0 Å². The number of thiazole rings is 1. The van der Waals surface area contributed by atoms with Gasteiger partial charge in [0.25, 0.3) is 0 Å². The minimum atomic E-state index is 0.639. The molecule has 0 aliphatic heterocycles. The van der Waals surface area contributed by atoms with Gasteiger partial charge in [0.15, 0.2) is 5.13 Å². The van der Waals surface area contributed by atoms with Gasteiger partial charge in [-0.15, -0.1) is 11.3 Å². The molecule has 13 heavy (non-hydrogen) atoms. The fourth-order valence-electron chi connectivity index (χ4n) is 1.59. The van der Waals surface area contributed by atoms with Crippen molar-refractivity contribution in [3.63, 3.8) is 0 Å². The number of nitrogens with zero attached hydrogens (tertiary/aromatic N) is 2. The minimum Gasteiger partial charge on any atom is -0.383 e. The highest BCUT2D eigenvalue weighted by Gasteiger charge is 2.20. The third-order valence-corrected chi connectivity index (χ3v) is 3.57. The second kappa shape index (κ2) is 3.54. The number of rotatable bonds is 3. The second-order valence-corrected chi connectivity index (χ2v) is 4.57. The Balaban J connectivity index is 1.92. The molecule has 0 radical (unpaired) electrons. The van der Waals surface area contributed by atoms with Crippen LogP contribution in [-0.2, 0) is 0 Å². The van der Waals surface area contributed by atoms with E-state index in [9.17, 15) is 0 Å². The normalized spacial score (nSPS) is 17.0. The zero-order valence-corrected chi connectivity index (χ0v) is 8.68. The first-order valence-corrected chi connectivity index (χ1v) is 5.56. The average Bonchev–Trinajstić information content (AvgIpc) is 2.44. The van der Waals surface area contributed by atoms with E-state index in [4.69, 9.17) is 5.73 Å². The van der Waals surface area contributed by atoms with Gasteiger partial charge in [0.2, 0.25) is 0 Å². The van der Waals surface area contributed by atoms with Crippen molar-refractivity contribution < 1.29 is 0 Å². The van der Waals surface area contributed by atoms with Crippen LogP contribution in [0.5, 0.6) is 0 Å². The van der Waals surface area contributed by atoms with Gasteiger partial charge in [-0.1, -0.05) is 6.42 Å². The lowest BCUT2D eigenvalue weighted by Gasteiger charge is -2.29. The molecule has 1 aromatic heterocycles. The lowest BCUT2D eigenvalue weighted by molar-refractivity contribution is 0.321. The highest BCUT2D eigenvalue weighted by atomic mass is 32.1. The van der Waals surface area contributed by atoms with Crippen molar-refractivity contribution in [2.45, 2.75) is 19.3 Å². The summed E-state index contributed by atoms with van der Waals surface area (Å²) in [5.74, 6) is 1.52. The van der Waals surface area contributed by atoms with Crippen LogP contribution >= 0.6 is 11.3 Å². The zero-order valence-electron chi connectivity index (χ0n) is 7.86. The first-order chi connectivity index (χ1) is 6.25. The van der Waals surface area contributed by atoms with E-state index in [-0.39, 0.29) is 0 Å². The van der Waals surface area contributed by atoms with Gasteiger partial charge in [-0.25, -0.2) is 4.98 Å². The Bertz CT molecular complexity index is 280. The SMILES string of the molecule is CN(CC1CCC1)c1nc(N)cs1. The predicted octanol–water partition coefficient (Wildman–Crippen LogP) is 1.96. The second-order valence-electron chi connectivity index (χ2n) is 3.73. The molecule has 1 fully saturated rings. The van der Waals surface area contributed by atoms with Gasteiger partial charge in [-0.05, 0) is 18.8 Å². The fourth-order valence-corrected chi connectivity index (χ4v) is 2.28. The van der Waals surface area contributed by atoms with Crippen LogP contribution in [0.15, 0.2) is 5.38 Å². The Hall–Kier alpha value is -0.770. The Morgan fingerprint density at radius 3 is 2.92 bits per heavy atom. The lowest BCUT2D eigenvalue weighted by atomic mass is 9.85. The fraction of sp³-hybridized carbons (Fsp3) is 0.667. The smallest absolute Gasteiger partial charge is 0.187 e. The van der Waals surface area contributed by atoms with Gasteiger partial charge in [-0.2, -0.15) is 0 Å². The molecule has 3 nitrogen and oxygen atoms in total. The molecular formula is C9H15N3S. The number of nitrogen functional groups attached to an aromatic ring is 1. The van der Waals surface area contributed by atoms with Crippen molar-refractivity contribution in [1.29, 1.82) is 0 Å². The third kappa shape index (κ3) is 1.94. The van der Waals surface area contributed by atoms with Crippen LogP contribution in [0.4, 0.5) is 10.9 Å². The van der Waals surface area contributed by atoms with Crippen molar-refractivity contribution in [2.24, 2.45) is 5.92 Å². The summed E-state index contributed by atoms with van der Waals surface area (Å²) in [5.41, 5.74) is 5.57. The summed E-state index contributed by atoms with van der Waals surface area (Å²) in [6.07, 6.45) is 4.16. The molecule has 0 amide bonds. The molecule has 1 saturated carbocycles. The number of hydrogen-bond donors (Lipinski definition) is 1. The monoisotopic (exact) mass is 197 g/mol. The molecule has 0 unspecified atom stereocenters. The van der Waals surface area contributed by atoms with Gasteiger partial charge in [0.05, 0.1) is 0 Å². The van der Waals surface area contributed by atoms with E-state index in [1.165, 1.54) is 19.3 Å². The summed E-state index contributed by atoms with van der Waals surface area (Å²) in [4.78, 5) is 6.46. The molecule has 1 aliphatic rings. The van der Waals surface area contributed by atoms with Crippen LogP contribution in [0.25, 0.3) is 0 Å². The van der Waals surface area contributed by atoms with Crippen molar-refractivity contribution in [3.05, 3.63) is 5.38 Å². The van der Waals surface area contributed by atoms with E-state index in [0.717, 1.165) is 17.6 Å². The summed E-state index contributed by atoms with van der Waals surface area (Å²) in [6.45, 7) is 1.13. The number of aromatic nitrogens is 1. The number of nitrogens with two attached hydrogens (primary N) is 1. The van der Waals surface area contributed by atoms with E-state index in [1.54, 1.807) is 11.3 Å². The number of hydrogen-bond acceptors (Lipinski definition) is 4. The topological polar surface area (TPSA) is 42.2 Å². The minimum absolute atomic E-state index is 0.639. The molecule has 72 valence electrons. The van der Waals surface area contributed by atoms with Crippen molar-refractivity contribution in [1.82, 2.24) is 4.98 Å². The molecular weight excluding hydrogens is 182 g/mol. The first-order valence-electron chi connectivity index (χ1n) is 4.68. The molecule has 0 saturated heterocycles. The Kier molecular flexibility index (Phi) is 2.40. The predicted molar refractivity (Wildman–Crippen MR) is 57.1 cm³/mol. The van der Waals surface area contributed by atoms with Crippen molar-refractivity contribution in [3.8, 4) is 0 Å². The van der Waals surface area contributed by atoms with E-state index in [2.05, 4.69) is 16.9 Å². The van der Waals surface area contributed by atoms with E-state index in [0.29, 0.717) is 5.82 Å². The molecule has 0 bridgehead atoms. The van der Waals surface area contributed by atoms with Gasteiger partial charge in [-0.3, -0.25) is 0 Å². The van der Waals surface area contributed by atoms with Crippen LogP contribution in [-0.4, -0.2) is 18.6 Å². The van der Waals surface area contributed by atoms with E-state index in [1.807, 2.05) is 5.38 Å². The summed E-state index contributed by atoms with van der Waals surface area (Å²) >= 11 is 1.62. The van der Waals surface area contributed by atoms with Crippen LogP contribution < -0.4 is 10.6 Å². The molecule has 0 spiro atoms. The first kappa shape index (κ1) is 8.81. The van der Waals surface area contributed by atoms with Gasteiger partial charge in [0, 0.05) is 19.0 Å². The Morgan fingerprint density at radius 1 is 1.69 bits per heavy atom. The van der Waals surface area contributed by atoms with E-state index < -0.39 is 0 Å². The summed E-state index contributed by atoms with van der Waals surface area (Å²) in [7, 11) is 2.09. The number of anilines is 2. The molecule has 2 rings (SSSR count). The lowest BCUT2D eigenvalue weighted by Crippen LogP contribution is -2.29. The van der Waals surface area contributed by atoms with Gasteiger partial charge >= 0.3 is 0 Å². The Labute approximate surface area is 82.6 Å². The van der Waals surface area contributed by atoms with Gasteiger partial charge in [0.1, 0.15) is 5.82 Å². The van der Waals surface area contributed by atoms with Crippen molar-refractivity contribution in [2.75, 3.05) is 24.2 Å². The largest absolute Gasteiger partial charge is 0.383 e. The van der Waals surface area contributed by atoms with Gasteiger partial charge < -0.3 is 10.6 Å². The standard InChI is InChI=1S/C9H15N3S/c1-12(5-7-3-2-4-7)9-11-8(10)6-13-9/h6-7H,2-5,10H2,1H3. The van der Waals surface area contributed by atoms with Crippen LogP contribution in [0.3, 0.4) is 0 Å². The maximum atomic E-state index is 5.57. The summed E-state index contributed by atoms with van der Waals surface area (Å²) < 4.78 is 0. The maximum absolute atomic E-state index is 5.57. The molecule has 1 aromatic rings. The quantitative estimate of drug-likeness (QED) is 0.805.